The van der Waals surface area contributed by atoms with E-state index in [2.05, 4.69) is 12.2 Å². The predicted octanol–water partition coefficient (Wildman–Crippen LogP) is 0.985. The monoisotopic (exact) mass is 190 g/mol. The second-order valence-electron chi connectivity index (χ2n) is 3.43. The van der Waals surface area contributed by atoms with E-state index in [-0.39, 0.29) is 18.0 Å². The molecule has 1 fully saturated rings. The average molecular weight is 191 g/mol. The van der Waals surface area contributed by atoms with Gasteiger partial charge < -0.3 is 5.32 Å². The SMILES string of the molecule is CNC(=O)[C@@H]1C[C@H](C)[C@H](C)N1Cl. The zero-order chi connectivity index (χ0) is 9.30. The number of likely N-dealkylation sites (N-methyl/N-ethyl adjacent to an activating group) is 1. The molecule has 4 heteroatoms. The van der Waals surface area contributed by atoms with Gasteiger partial charge in [0.15, 0.2) is 0 Å². The normalized spacial score (nSPS) is 36.8. The molecule has 0 saturated carbocycles. The first-order valence-corrected chi connectivity index (χ1v) is 4.57. The summed E-state index contributed by atoms with van der Waals surface area (Å²) in [6.45, 7) is 4.16. The molecule has 1 rings (SSSR count). The fourth-order valence-corrected chi connectivity index (χ4v) is 1.92. The molecule has 0 aromatic heterocycles. The number of carbonyl (C=O) groups is 1. The second kappa shape index (κ2) is 3.62. The van der Waals surface area contributed by atoms with Gasteiger partial charge in [-0.3, -0.25) is 4.79 Å². The highest BCUT2D eigenvalue weighted by atomic mass is 35.5. The van der Waals surface area contributed by atoms with E-state index in [1.54, 1.807) is 11.5 Å². The minimum Gasteiger partial charge on any atom is -0.358 e. The number of hydrogen-bond donors (Lipinski definition) is 1. The minimum absolute atomic E-state index is 0.0150. The highest BCUT2D eigenvalue weighted by Gasteiger charge is 2.38. The molecule has 0 bridgehead atoms. The average Bonchev–Trinajstić information content (AvgIpc) is 2.32. The van der Waals surface area contributed by atoms with Gasteiger partial charge in [0.1, 0.15) is 6.04 Å². The number of amides is 1. The van der Waals surface area contributed by atoms with Gasteiger partial charge in [-0.05, 0) is 31.0 Å². The molecular weight excluding hydrogens is 176 g/mol. The third-order valence-electron chi connectivity index (χ3n) is 2.65. The summed E-state index contributed by atoms with van der Waals surface area (Å²) >= 11 is 5.97. The molecule has 0 aromatic rings. The van der Waals surface area contributed by atoms with Crippen molar-refractivity contribution in [3.8, 4) is 0 Å². The third kappa shape index (κ3) is 1.57. The van der Waals surface area contributed by atoms with E-state index in [4.69, 9.17) is 11.8 Å². The largest absolute Gasteiger partial charge is 0.358 e. The van der Waals surface area contributed by atoms with E-state index in [1.165, 1.54) is 0 Å². The van der Waals surface area contributed by atoms with Crippen LogP contribution in [-0.2, 0) is 4.79 Å². The van der Waals surface area contributed by atoms with E-state index >= 15 is 0 Å². The Labute approximate surface area is 78.2 Å². The van der Waals surface area contributed by atoms with Crippen LogP contribution < -0.4 is 5.32 Å². The fraction of sp³-hybridized carbons (Fsp3) is 0.875. The molecule has 0 aliphatic carbocycles. The highest BCUT2D eigenvalue weighted by molar-refractivity contribution is 6.15. The summed E-state index contributed by atoms with van der Waals surface area (Å²) < 4.78 is 1.63. The van der Waals surface area contributed by atoms with E-state index < -0.39 is 0 Å². The Balaban J connectivity index is 2.64. The van der Waals surface area contributed by atoms with Crippen LogP contribution in [0.4, 0.5) is 0 Å². The molecule has 1 amide bonds. The molecule has 1 saturated heterocycles. The summed E-state index contributed by atoms with van der Waals surface area (Å²) in [4.78, 5) is 11.3. The number of halogens is 1. The lowest BCUT2D eigenvalue weighted by Crippen LogP contribution is -2.39. The molecule has 12 heavy (non-hydrogen) atoms. The van der Waals surface area contributed by atoms with Gasteiger partial charge in [-0.25, -0.2) is 4.42 Å². The molecular formula is C8H15ClN2O. The molecule has 1 heterocycles. The van der Waals surface area contributed by atoms with Crippen LogP contribution in [0.3, 0.4) is 0 Å². The first-order valence-electron chi connectivity index (χ1n) is 4.23. The lowest BCUT2D eigenvalue weighted by molar-refractivity contribution is -0.123. The van der Waals surface area contributed by atoms with Crippen LogP contribution in [0.2, 0.25) is 0 Å². The van der Waals surface area contributed by atoms with Crippen molar-refractivity contribution in [3.05, 3.63) is 0 Å². The molecule has 3 nitrogen and oxygen atoms in total. The maximum atomic E-state index is 11.3. The Morgan fingerprint density at radius 2 is 2.17 bits per heavy atom. The maximum absolute atomic E-state index is 11.3. The smallest absolute Gasteiger partial charge is 0.238 e. The topological polar surface area (TPSA) is 32.3 Å². The van der Waals surface area contributed by atoms with E-state index in [0.717, 1.165) is 6.42 Å². The summed E-state index contributed by atoms with van der Waals surface area (Å²) in [5, 5.41) is 2.61. The summed E-state index contributed by atoms with van der Waals surface area (Å²) in [6, 6.07) is 0.135. The second-order valence-corrected chi connectivity index (χ2v) is 3.82. The van der Waals surface area contributed by atoms with Gasteiger partial charge in [0, 0.05) is 13.1 Å². The zero-order valence-corrected chi connectivity index (χ0v) is 8.43. The number of nitrogens with one attached hydrogen (secondary N) is 1. The van der Waals surface area contributed by atoms with Crippen LogP contribution in [0.15, 0.2) is 0 Å². The fourth-order valence-electron chi connectivity index (χ4n) is 1.56. The Hall–Kier alpha value is -0.280. The first kappa shape index (κ1) is 9.81. The van der Waals surface area contributed by atoms with E-state index in [1.807, 2.05) is 6.92 Å². The molecule has 70 valence electrons. The van der Waals surface area contributed by atoms with Gasteiger partial charge in [0.2, 0.25) is 5.91 Å². The van der Waals surface area contributed by atoms with Crippen molar-refractivity contribution < 1.29 is 4.79 Å². The summed E-state index contributed by atoms with van der Waals surface area (Å²) in [5.41, 5.74) is 0. The van der Waals surface area contributed by atoms with Gasteiger partial charge >= 0.3 is 0 Å². The molecule has 0 unspecified atom stereocenters. The van der Waals surface area contributed by atoms with Crippen molar-refractivity contribution in [1.82, 2.24) is 9.74 Å². The van der Waals surface area contributed by atoms with Gasteiger partial charge in [-0.2, -0.15) is 0 Å². The van der Waals surface area contributed by atoms with Crippen LogP contribution in [0.25, 0.3) is 0 Å². The quantitative estimate of drug-likeness (QED) is 0.626. The van der Waals surface area contributed by atoms with Crippen molar-refractivity contribution in [1.29, 1.82) is 0 Å². The summed E-state index contributed by atoms with van der Waals surface area (Å²) in [6.07, 6.45) is 0.852. The van der Waals surface area contributed by atoms with E-state index in [9.17, 15) is 4.79 Å². The Kier molecular flexibility index (Phi) is 2.96. The standard InChI is InChI=1S/C8H15ClN2O/c1-5-4-7(8(12)10-3)11(9)6(5)2/h5-7H,4H2,1-3H3,(H,10,12)/t5-,6-,7-/m0/s1. The number of rotatable bonds is 1. The van der Waals surface area contributed by atoms with Crippen molar-refractivity contribution in [2.24, 2.45) is 5.92 Å². The molecule has 1 aliphatic heterocycles. The van der Waals surface area contributed by atoms with Crippen molar-refractivity contribution >= 4 is 17.7 Å². The van der Waals surface area contributed by atoms with Crippen LogP contribution in [0.5, 0.6) is 0 Å². The van der Waals surface area contributed by atoms with Crippen LogP contribution in [0.1, 0.15) is 20.3 Å². The van der Waals surface area contributed by atoms with Crippen molar-refractivity contribution in [3.63, 3.8) is 0 Å². The summed E-state index contributed by atoms with van der Waals surface area (Å²) in [5.74, 6) is 0.506. The van der Waals surface area contributed by atoms with E-state index in [0.29, 0.717) is 5.92 Å². The van der Waals surface area contributed by atoms with Gasteiger partial charge in [0.25, 0.3) is 0 Å². The number of carbonyl (C=O) groups excluding carboxylic acids is 1. The Morgan fingerprint density at radius 3 is 2.50 bits per heavy atom. The highest BCUT2D eigenvalue weighted by Crippen LogP contribution is 2.30. The molecule has 1 aliphatic rings. The Bertz CT molecular complexity index is 186. The third-order valence-corrected chi connectivity index (χ3v) is 3.20. The molecule has 0 aromatic carbocycles. The number of nitrogens with zero attached hydrogens (tertiary/aromatic N) is 1. The van der Waals surface area contributed by atoms with Gasteiger partial charge in [-0.1, -0.05) is 6.92 Å². The Morgan fingerprint density at radius 1 is 1.58 bits per heavy atom. The van der Waals surface area contributed by atoms with Crippen LogP contribution >= 0.6 is 11.8 Å². The first-order chi connectivity index (χ1) is 5.57. The zero-order valence-electron chi connectivity index (χ0n) is 7.67. The van der Waals surface area contributed by atoms with Gasteiger partial charge in [0.05, 0.1) is 0 Å². The number of hydrogen-bond acceptors (Lipinski definition) is 2. The van der Waals surface area contributed by atoms with Crippen molar-refractivity contribution in [2.75, 3.05) is 7.05 Å². The molecule has 3 atom stereocenters. The van der Waals surface area contributed by atoms with Crippen molar-refractivity contribution in [2.45, 2.75) is 32.4 Å². The lowest BCUT2D eigenvalue weighted by atomic mass is 10.0. The molecule has 1 N–H and O–H groups in total. The predicted molar refractivity (Wildman–Crippen MR) is 48.8 cm³/mol. The molecule has 0 spiro atoms. The lowest BCUT2D eigenvalue weighted by Gasteiger charge is -2.18. The van der Waals surface area contributed by atoms with Gasteiger partial charge in [-0.15, -0.1) is 0 Å². The molecule has 0 radical (unpaired) electrons. The minimum atomic E-state index is -0.151. The summed E-state index contributed by atoms with van der Waals surface area (Å²) in [7, 11) is 1.64. The van der Waals surface area contributed by atoms with Crippen LogP contribution in [0, 0.1) is 5.92 Å². The maximum Gasteiger partial charge on any atom is 0.238 e. The van der Waals surface area contributed by atoms with Crippen LogP contribution in [-0.4, -0.2) is 29.5 Å².